The van der Waals surface area contributed by atoms with Gasteiger partial charge in [0.1, 0.15) is 11.0 Å². The molecule has 12 nitrogen and oxygen atoms in total. The molecule has 4 atom stereocenters. The Morgan fingerprint density at radius 3 is 2.72 bits per heavy atom. The molecule has 0 aliphatic carbocycles. The van der Waals surface area contributed by atoms with Crippen LogP contribution in [0.4, 0.5) is 11.5 Å². The topological polar surface area (TPSA) is 152 Å². The molecule has 0 saturated carbocycles. The summed E-state index contributed by atoms with van der Waals surface area (Å²) in [5, 5.41) is 18.2. The maximum Gasteiger partial charge on any atom is 0.335 e. The Bertz CT molecular complexity index is 1670. The molecule has 6 rings (SSSR count). The summed E-state index contributed by atoms with van der Waals surface area (Å²) in [6.07, 6.45) is 2.63. The van der Waals surface area contributed by atoms with E-state index in [1.807, 2.05) is 17.9 Å². The fourth-order valence-corrected chi connectivity index (χ4v) is 6.34. The van der Waals surface area contributed by atoms with Crippen molar-refractivity contribution in [1.82, 2.24) is 19.7 Å². The van der Waals surface area contributed by atoms with E-state index in [9.17, 15) is 19.6 Å². The summed E-state index contributed by atoms with van der Waals surface area (Å²) in [4.78, 5) is 43.6. The summed E-state index contributed by atoms with van der Waals surface area (Å²) in [6.45, 7) is 8.53. The number of hydrogen-bond acceptors (Lipinski definition) is 9. The fourth-order valence-electron chi connectivity index (χ4n) is 6.34. The van der Waals surface area contributed by atoms with Crippen molar-refractivity contribution in [2.24, 2.45) is 0 Å². The first-order valence-corrected chi connectivity index (χ1v) is 14.6. The summed E-state index contributed by atoms with van der Waals surface area (Å²) in [5.41, 5.74) is 0.740. The Kier molecular flexibility index (Phi) is 7.26. The Balaban J connectivity index is 1.28. The third kappa shape index (κ3) is 5.39. The molecule has 3 aliphatic heterocycles. The molecule has 2 bridgehead atoms. The lowest BCUT2D eigenvalue weighted by Crippen LogP contribution is -2.47. The van der Waals surface area contributed by atoms with E-state index in [2.05, 4.69) is 16.4 Å². The lowest BCUT2D eigenvalue weighted by Gasteiger charge is -2.39. The Morgan fingerprint density at radius 2 is 2.09 bits per heavy atom. The number of anilines is 2. The maximum absolute atomic E-state index is 13.3. The van der Waals surface area contributed by atoms with Crippen LogP contribution >= 0.6 is 0 Å². The molecular weight excluding hydrogens is 552 g/mol. The molecule has 0 spiro atoms. The van der Waals surface area contributed by atoms with Gasteiger partial charge in [0.15, 0.2) is 11.9 Å². The van der Waals surface area contributed by atoms with Gasteiger partial charge in [-0.05, 0) is 76.8 Å². The van der Waals surface area contributed by atoms with Crippen molar-refractivity contribution in [2.45, 2.75) is 82.8 Å². The molecule has 4 unspecified atom stereocenters. The average molecular weight is 589 g/mol. The largest absolute Gasteiger partial charge is 0.458 e. The van der Waals surface area contributed by atoms with Crippen LogP contribution in [-0.2, 0) is 24.5 Å². The Labute approximate surface area is 248 Å². The van der Waals surface area contributed by atoms with Crippen LogP contribution in [0.3, 0.4) is 0 Å². The van der Waals surface area contributed by atoms with Gasteiger partial charge in [-0.2, -0.15) is 10.4 Å². The predicted molar refractivity (Wildman–Crippen MR) is 157 cm³/mol. The van der Waals surface area contributed by atoms with Crippen molar-refractivity contribution >= 4 is 34.3 Å². The number of benzene rings is 1. The standard InChI is InChI=1S/C31H36N6O6/c1-18-13-19(5-6-22(18)28(39)36-15-21-14-20(36)16-41-21)34-26-25-23(8-12-33-27(25)38)37(35-26)31(10-11-32)9-7-24(42-17-31)29(40)43-30(2,3)4/h5-6,8,12-13,20-21,24H,7,9-10,14-17H2,1-4H3,(H,33,38)(H,34,35). The molecular formula is C31H36N6O6. The van der Waals surface area contributed by atoms with Crippen molar-refractivity contribution in [3.05, 3.63) is 51.9 Å². The number of pyridine rings is 1. The number of aromatic amines is 1. The number of esters is 1. The van der Waals surface area contributed by atoms with E-state index in [4.69, 9.17) is 19.3 Å². The molecule has 226 valence electrons. The summed E-state index contributed by atoms with van der Waals surface area (Å²) in [5.74, 6) is -0.132. The highest BCUT2D eigenvalue weighted by Gasteiger charge is 2.44. The van der Waals surface area contributed by atoms with Gasteiger partial charge in [0.05, 0.1) is 48.9 Å². The van der Waals surface area contributed by atoms with E-state index >= 15 is 0 Å². The number of carbonyl (C=O) groups excluding carboxylic acids is 2. The van der Waals surface area contributed by atoms with Crippen molar-refractivity contribution in [1.29, 1.82) is 5.26 Å². The SMILES string of the molecule is Cc1cc(Nc2nn(C3(CC#N)CCC(C(=O)OC(C)(C)C)OC3)c3cc[nH]c(=O)c23)ccc1C(=O)N1CC2CC1CO2. The number of nitrogens with one attached hydrogen (secondary N) is 2. The zero-order chi connectivity index (χ0) is 30.5. The van der Waals surface area contributed by atoms with E-state index in [0.717, 1.165) is 12.0 Å². The summed E-state index contributed by atoms with van der Waals surface area (Å²) in [7, 11) is 0. The van der Waals surface area contributed by atoms with Crippen molar-refractivity contribution < 1.29 is 23.8 Å². The molecule has 3 saturated heterocycles. The van der Waals surface area contributed by atoms with Gasteiger partial charge in [-0.3, -0.25) is 14.3 Å². The minimum Gasteiger partial charge on any atom is -0.458 e. The van der Waals surface area contributed by atoms with Crippen LogP contribution in [0.1, 0.15) is 62.4 Å². The molecule has 12 heteroatoms. The van der Waals surface area contributed by atoms with Crippen LogP contribution in [0, 0.1) is 18.3 Å². The minimum atomic E-state index is -0.899. The van der Waals surface area contributed by atoms with Gasteiger partial charge >= 0.3 is 5.97 Å². The second-order valence-corrected chi connectivity index (χ2v) is 12.7. The molecule has 3 fully saturated rings. The molecule has 1 amide bonds. The van der Waals surface area contributed by atoms with Crippen LogP contribution in [-0.4, -0.2) is 75.2 Å². The predicted octanol–water partition coefficient (Wildman–Crippen LogP) is 3.52. The summed E-state index contributed by atoms with van der Waals surface area (Å²) in [6, 6.07) is 9.57. The molecule has 2 N–H and O–H groups in total. The molecule has 0 radical (unpaired) electrons. The first kappa shape index (κ1) is 28.9. The average Bonchev–Trinajstić information content (AvgIpc) is 3.68. The number of aryl methyl sites for hydroxylation is 1. The van der Waals surface area contributed by atoms with Gasteiger partial charge in [-0.1, -0.05) is 0 Å². The molecule has 3 aliphatic rings. The quantitative estimate of drug-likeness (QED) is 0.412. The minimum absolute atomic E-state index is 0.00791. The second kappa shape index (κ2) is 10.8. The van der Waals surface area contributed by atoms with E-state index in [1.165, 1.54) is 0 Å². The van der Waals surface area contributed by atoms with E-state index < -0.39 is 23.2 Å². The molecule has 43 heavy (non-hydrogen) atoms. The monoisotopic (exact) mass is 588 g/mol. The lowest BCUT2D eigenvalue weighted by molar-refractivity contribution is -0.176. The van der Waals surface area contributed by atoms with Crippen LogP contribution in [0.15, 0.2) is 35.3 Å². The summed E-state index contributed by atoms with van der Waals surface area (Å²) < 4.78 is 18.8. The smallest absolute Gasteiger partial charge is 0.335 e. The number of carbonyl (C=O) groups is 2. The van der Waals surface area contributed by atoms with E-state index in [1.54, 1.807) is 49.8 Å². The van der Waals surface area contributed by atoms with Crippen LogP contribution < -0.4 is 10.9 Å². The number of fused-ring (bicyclic) bond motifs is 3. The highest BCUT2D eigenvalue weighted by molar-refractivity contribution is 5.97. The first-order valence-electron chi connectivity index (χ1n) is 14.6. The van der Waals surface area contributed by atoms with Crippen LogP contribution in [0.25, 0.3) is 10.9 Å². The Morgan fingerprint density at radius 1 is 1.28 bits per heavy atom. The van der Waals surface area contributed by atoms with Gasteiger partial charge < -0.3 is 29.4 Å². The zero-order valence-corrected chi connectivity index (χ0v) is 24.8. The highest BCUT2D eigenvalue weighted by Crippen LogP contribution is 2.38. The second-order valence-electron chi connectivity index (χ2n) is 12.7. The zero-order valence-electron chi connectivity index (χ0n) is 24.8. The molecule has 5 heterocycles. The number of likely N-dealkylation sites (tertiary alicyclic amines) is 1. The first-order chi connectivity index (χ1) is 20.5. The maximum atomic E-state index is 13.3. The number of nitriles is 1. The molecule has 3 aromatic rings. The summed E-state index contributed by atoms with van der Waals surface area (Å²) >= 11 is 0. The fraction of sp³-hybridized carbons (Fsp3) is 0.516. The number of ether oxygens (including phenoxy) is 3. The normalized spacial score (nSPS) is 25.1. The highest BCUT2D eigenvalue weighted by atomic mass is 16.6. The van der Waals surface area contributed by atoms with Gasteiger partial charge in [-0.15, -0.1) is 0 Å². The third-order valence-corrected chi connectivity index (χ3v) is 8.44. The lowest BCUT2D eigenvalue weighted by atomic mass is 9.87. The van der Waals surface area contributed by atoms with Gasteiger partial charge in [0.25, 0.3) is 11.5 Å². The van der Waals surface area contributed by atoms with Crippen LogP contribution in [0.5, 0.6) is 0 Å². The third-order valence-electron chi connectivity index (χ3n) is 8.44. The van der Waals surface area contributed by atoms with Crippen molar-refractivity contribution in [3.8, 4) is 6.07 Å². The van der Waals surface area contributed by atoms with Gasteiger partial charge in [0.2, 0.25) is 0 Å². The van der Waals surface area contributed by atoms with Gasteiger partial charge in [-0.25, -0.2) is 4.79 Å². The number of amides is 1. The number of rotatable bonds is 6. The van der Waals surface area contributed by atoms with Gasteiger partial charge in [0, 0.05) is 24.0 Å². The number of hydrogen-bond donors (Lipinski definition) is 2. The molecule has 2 aromatic heterocycles. The number of morpholine rings is 1. The molecule has 1 aromatic carbocycles. The van der Waals surface area contributed by atoms with Crippen molar-refractivity contribution in [2.75, 3.05) is 25.1 Å². The van der Waals surface area contributed by atoms with Crippen LogP contribution in [0.2, 0.25) is 0 Å². The van der Waals surface area contributed by atoms with E-state index in [0.29, 0.717) is 54.0 Å². The Hall–Kier alpha value is -4.21. The number of nitrogens with zero attached hydrogens (tertiary/aromatic N) is 4. The number of aromatic nitrogens is 3. The van der Waals surface area contributed by atoms with Crippen molar-refractivity contribution in [3.63, 3.8) is 0 Å². The van der Waals surface area contributed by atoms with E-state index in [-0.39, 0.29) is 36.6 Å². The number of H-pyrrole nitrogens is 1.